The Labute approximate surface area is 216 Å². The molecule has 3 N–H and O–H groups in total. The van der Waals surface area contributed by atoms with Crippen LogP contribution in [0.2, 0.25) is 0 Å². The Morgan fingerprint density at radius 3 is 2.66 bits per heavy atom. The first-order valence-corrected chi connectivity index (χ1v) is 12.6. The lowest BCUT2D eigenvalue weighted by molar-refractivity contribution is -0.0495. The molecule has 3 amide bonds. The number of amides is 3. The Bertz CT molecular complexity index is 1330. The lowest BCUT2D eigenvalue weighted by atomic mass is 9.81. The second-order valence-corrected chi connectivity index (χ2v) is 10.4. The van der Waals surface area contributed by atoms with Crippen LogP contribution in [-0.4, -0.2) is 65.4 Å². The number of hydrogen-bond acceptors (Lipinski definition) is 8. The molecule has 1 aliphatic carbocycles. The van der Waals surface area contributed by atoms with E-state index in [2.05, 4.69) is 35.7 Å². The van der Waals surface area contributed by atoms with Gasteiger partial charge in [-0.2, -0.15) is 5.10 Å². The van der Waals surface area contributed by atoms with Crippen LogP contribution in [0.25, 0.3) is 5.65 Å². The van der Waals surface area contributed by atoms with Crippen molar-refractivity contribution in [3.8, 4) is 0 Å². The highest BCUT2D eigenvalue weighted by atomic mass is 19.3. The lowest BCUT2D eigenvalue weighted by Gasteiger charge is -2.33. The quantitative estimate of drug-likeness (QED) is 0.420. The van der Waals surface area contributed by atoms with Gasteiger partial charge in [0.2, 0.25) is 5.92 Å². The van der Waals surface area contributed by atoms with Gasteiger partial charge in [-0.25, -0.2) is 27.7 Å². The molecule has 0 aromatic carbocycles. The Morgan fingerprint density at radius 2 is 2.03 bits per heavy atom. The molecule has 2 fully saturated rings. The number of hydrogen-bond donors (Lipinski definition) is 3. The summed E-state index contributed by atoms with van der Waals surface area (Å²) in [7, 11) is 0. The molecule has 0 radical (unpaired) electrons. The smallest absolute Gasteiger partial charge is 0.320 e. The molecular formula is C24H30F2N8O4. The fraction of sp³-hybridized carbons (Fsp3) is 0.583. The molecule has 12 nitrogen and oxygen atoms in total. The summed E-state index contributed by atoms with van der Waals surface area (Å²) in [6.07, 6.45) is 1.65. The van der Waals surface area contributed by atoms with Gasteiger partial charge in [0.25, 0.3) is 5.91 Å². The van der Waals surface area contributed by atoms with Gasteiger partial charge in [-0.05, 0) is 42.8 Å². The predicted molar refractivity (Wildman–Crippen MR) is 128 cm³/mol. The molecule has 0 bridgehead atoms. The van der Waals surface area contributed by atoms with E-state index in [0.717, 1.165) is 0 Å². The van der Waals surface area contributed by atoms with Crippen molar-refractivity contribution in [2.75, 3.05) is 6.54 Å². The number of imidazole rings is 1. The van der Waals surface area contributed by atoms with Crippen LogP contribution in [-0.2, 0) is 0 Å². The molecule has 204 valence electrons. The van der Waals surface area contributed by atoms with E-state index in [1.165, 1.54) is 15.6 Å². The van der Waals surface area contributed by atoms with E-state index in [4.69, 9.17) is 0 Å². The van der Waals surface area contributed by atoms with Gasteiger partial charge in [-0.15, -0.1) is 0 Å². The zero-order chi connectivity index (χ0) is 27.2. The van der Waals surface area contributed by atoms with Gasteiger partial charge in [-0.1, -0.05) is 19.0 Å². The van der Waals surface area contributed by atoms with E-state index < -0.39 is 24.1 Å². The van der Waals surface area contributed by atoms with E-state index in [-0.39, 0.29) is 55.3 Å². The van der Waals surface area contributed by atoms with Crippen LogP contribution in [0.15, 0.2) is 23.1 Å². The topological polar surface area (TPSA) is 151 Å². The summed E-state index contributed by atoms with van der Waals surface area (Å²) in [5, 5.41) is 28.3. The minimum atomic E-state index is -2.74. The normalized spacial score (nSPS) is 21.6. The molecule has 0 spiro atoms. The Balaban J connectivity index is 1.42. The number of nitrogens with zero attached hydrogens (tertiary/aromatic N) is 6. The summed E-state index contributed by atoms with van der Waals surface area (Å²) in [5.41, 5.74) is 1.48. The number of carbonyl (C=O) groups is 2. The zero-order valence-electron chi connectivity index (χ0n) is 21.3. The average Bonchev–Trinajstić information content (AvgIpc) is 3.59. The molecule has 4 heterocycles. The van der Waals surface area contributed by atoms with Gasteiger partial charge < -0.3 is 15.7 Å². The van der Waals surface area contributed by atoms with Crippen molar-refractivity contribution in [2.45, 2.75) is 70.7 Å². The van der Waals surface area contributed by atoms with Crippen LogP contribution in [0.4, 0.5) is 13.6 Å². The number of alkyl halides is 2. The second kappa shape index (κ2) is 9.89. The van der Waals surface area contributed by atoms with E-state index in [1.807, 2.05) is 13.8 Å². The predicted octanol–water partition coefficient (Wildman–Crippen LogP) is 2.76. The first-order chi connectivity index (χ1) is 18.0. The third-order valence-electron chi connectivity index (χ3n) is 7.43. The first-order valence-electron chi connectivity index (χ1n) is 12.6. The number of aryl methyl sites for hydroxylation is 1. The third kappa shape index (κ3) is 5.04. The largest absolute Gasteiger partial charge is 0.369 e. The van der Waals surface area contributed by atoms with Crippen LogP contribution in [0, 0.1) is 18.8 Å². The van der Waals surface area contributed by atoms with Crippen LogP contribution < -0.4 is 10.6 Å². The van der Waals surface area contributed by atoms with Crippen molar-refractivity contribution >= 4 is 17.6 Å². The maximum Gasteiger partial charge on any atom is 0.320 e. The molecule has 1 saturated heterocycles. The molecule has 14 heteroatoms. The van der Waals surface area contributed by atoms with E-state index in [1.54, 1.807) is 19.2 Å². The highest BCUT2D eigenvalue weighted by Gasteiger charge is 2.40. The van der Waals surface area contributed by atoms with Gasteiger partial charge >= 0.3 is 6.03 Å². The van der Waals surface area contributed by atoms with Crippen LogP contribution in [0.5, 0.6) is 0 Å². The summed E-state index contributed by atoms with van der Waals surface area (Å²) in [6, 6.07) is 0.467. The molecule has 5 rings (SSSR count). The van der Waals surface area contributed by atoms with Crippen LogP contribution >= 0.6 is 0 Å². The van der Waals surface area contributed by atoms with Crippen molar-refractivity contribution in [2.24, 2.45) is 11.8 Å². The minimum Gasteiger partial charge on any atom is -0.369 e. The number of aliphatic hydroxyl groups excluding tert-OH is 1. The number of aromatic nitrogens is 5. The van der Waals surface area contributed by atoms with Gasteiger partial charge in [0.15, 0.2) is 17.6 Å². The Hall–Kier alpha value is -3.68. The molecule has 1 unspecified atom stereocenters. The zero-order valence-corrected chi connectivity index (χ0v) is 21.3. The maximum absolute atomic E-state index is 13.9. The summed E-state index contributed by atoms with van der Waals surface area (Å²) >= 11 is 0. The molecule has 38 heavy (non-hydrogen) atoms. The third-order valence-corrected chi connectivity index (χ3v) is 7.43. The van der Waals surface area contributed by atoms with E-state index in [9.17, 15) is 23.5 Å². The van der Waals surface area contributed by atoms with Crippen molar-refractivity contribution < 1.29 is 28.1 Å². The van der Waals surface area contributed by atoms with Gasteiger partial charge in [-0.3, -0.25) is 9.69 Å². The van der Waals surface area contributed by atoms with Crippen molar-refractivity contribution in [1.29, 1.82) is 0 Å². The number of fused-ring (bicyclic) bond motifs is 1. The summed E-state index contributed by atoms with van der Waals surface area (Å²) in [4.78, 5) is 31.3. The molecule has 2 aliphatic rings. The fourth-order valence-corrected chi connectivity index (χ4v) is 5.03. The lowest BCUT2D eigenvalue weighted by Crippen LogP contribution is -2.37. The summed E-state index contributed by atoms with van der Waals surface area (Å²) in [5.74, 6) is -3.38. The average molecular weight is 533 g/mol. The van der Waals surface area contributed by atoms with E-state index >= 15 is 0 Å². The Morgan fingerprint density at radius 1 is 1.29 bits per heavy atom. The van der Waals surface area contributed by atoms with Crippen LogP contribution in [0.1, 0.15) is 79.2 Å². The minimum absolute atomic E-state index is 0.00651. The standard InChI is InChI=1S/C24H30F2N8O4/c1-12(2)16-10-33(23(37)29-16)22(36)15-8-18-28-17(11-34(18)27-9-15)20(14-4-6-24(25,26)7-5-14)30-21(35)19-13(3)31-38-32-19/h8-9,11-12,14,16,20,22,36H,4-7,10H2,1-3H3,(H,29,37)(H,30,35)/t16?,20-,22+/m0/s1. The monoisotopic (exact) mass is 532 g/mol. The molecule has 1 saturated carbocycles. The number of urea groups is 1. The highest BCUT2D eigenvalue weighted by Crippen LogP contribution is 2.41. The number of carbonyl (C=O) groups excluding carboxylic acids is 2. The van der Waals surface area contributed by atoms with Gasteiger partial charge in [0.1, 0.15) is 5.69 Å². The molecule has 3 atom stereocenters. The molecule has 3 aromatic rings. The first kappa shape index (κ1) is 25.9. The molecule has 3 aromatic heterocycles. The maximum atomic E-state index is 13.9. The second-order valence-electron chi connectivity index (χ2n) is 10.4. The molecule has 1 aliphatic heterocycles. The summed E-state index contributed by atoms with van der Waals surface area (Å²) in [6.45, 7) is 5.90. The summed E-state index contributed by atoms with van der Waals surface area (Å²) < 4.78 is 33.9. The number of halogens is 2. The van der Waals surface area contributed by atoms with Crippen molar-refractivity contribution in [3.63, 3.8) is 0 Å². The Kier molecular flexibility index (Phi) is 6.75. The van der Waals surface area contributed by atoms with Gasteiger partial charge in [0, 0.05) is 24.9 Å². The fourth-order valence-electron chi connectivity index (χ4n) is 5.03. The highest BCUT2D eigenvalue weighted by molar-refractivity contribution is 5.93. The van der Waals surface area contributed by atoms with Crippen molar-refractivity contribution in [3.05, 3.63) is 41.1 Å². The number of nitrogens with one attached hydrogen (secondary N) is 2. The van der Waals surface area contributed by atoms with E-state index in [0.29, 0.717) is 29.1 Å². The number of rotatable bonds is 7. The van der Waals surface area contributed by atoms with Gasteiger partial charge in [0.05, 0.1) is 30.2 Å². The van der Waals surface area contributed by atoms with Crippen LogP contribution in [0.3, 0.4) is 0 Å². The SMILES string of the molecule is Cc1nonc1C(=O)N[C@H](c1cn2ncc([C@@H](O)N3CC(C(C)C)NC3=O)cc2n1)C1CCC(F)(F)CC1. The molecular weight excluding hydrogens is 502 g/mol. The van der Waals surface area contributed by atoms with Crippen molar-refractivity contribution in [1.82, 2.24) is 40.4 Å². The number of aliphatic hydroxyl groups is 1.